The number of carbonyl (C=O) groups is 2. The molecule has 0 bridgehead atoms. The SMILES string of the molecule is COc1cccc([C@H]2[C@@H](C(=O)Nc3nc4ccccc4[nH]3)CC(=O)N2C)c1. The van der Waals surface area contributed by atoms with Crippen molar-refractivity contribution in [2.75, 3.05) is 19.5 Å². The van der Waals surface area contributed by atoms with Crippen molar-refractivity contribution in [3.63, 3.8) is 0 Å². The van der Waals surface area contributed by atoms with Crippen molar-refractivity contribution >= 4 is 28.8 Å². The summed E-state index contributed by atoms with van der Waals surface area (Å²) in [5.74, 6) is 0.263. The van der Waals surface area contributed by atoms with E-state index < -0.39 is 5.92 Å². The Hall–Kier alpha value is -3.35. The van der Waals surface area contributed by atoms with Gasteiger partial charge in [0.1, 0.15) is 5.75 Å². The third-order valence-electron chi connectivity index (χ3n) is 4.99. The molecule has 0 saturated carbocycles. The van der Waals surface area contributed by atoms with E-state index in [1.54, 1.807) is 19.1 Å². The fourth-order valence-electron chi connectivity index (χ4n) is 3.61. The number of nitrogens with zero attached hydrogens (tertiary/aromatic N) is 2. The summed E-state index contributed by atoms with van der Waals surface area (Å²) in [5.41, 5.74) is 2.49. The standard InChI is InChI=1S/C20H20N4O3/c1-24-17(25)11-14(18(24)12-6-5-7-13(10-12)27-2)19(26)23-20-21-15-8-3-4-9-16(15)22-20/h3-10,14,18H,11H2,1-2H3,(H2,21,22,23,26)/t14-,18-/m0/s1. The molecule has 7 heteroatoms. The monoisotopic (exact) mass is 364 g/mol. The first kappa shape index (κ1) is 17.1. The van der Waals surface area contributed by atoms with Crippen molar-refractivity contribution in [1.29, 1.82) is 0 Å². The third-order valence-corrected chi connectivity index (χ3v) is 4.99. The molecule has 2 heterocycles. The fraction of sp³-hybridized carbons (Fsp3) is 0.250. The number of ether oxygens (including phenoxy) is 1. The number of rotatable bonds is 4. The quantitative estimate of drug-likeness (QED) is 0.745. The van der Waals surface area contributed by atoms with Crippen molar-refractivity contribution in [3.05, 3.63) is 54.1 Å². The minimum Gasteiger partial charge on any atom is -0.497 e. The number of carbonyl (C=O) groups excluding carboxylic acids is 2. The van der Waals surface area contributed by atoms with Gasteiger partial charge in [0, 0.05) is 13.5 Å². The van der Waals surface area contributed by atoms with Gasteiger partial charge in [-0.3, -0.25) is 14.9 Å². The molecule has 1 aliphatic rings. The number of para-hydroxylation sites is 2. The molecule has 3 aromatic rings. The Labute approximate surface area is 156 Å². The van der Waals surface area contributed by atoms with Gasteiger partial charge in [0.05, 0.1) is 30.1 Å². The average Bonchev–Trinajstić information content (AvgIpc) is 3.22. The topological polar surface area (TPSA) is 87.3 Å². The maximum atomic E-state index is 12.9. The predicted octanol–water partition coefficient (Wildman–Crippen LogP) is 2.73. The van der Waals surface area contributed by atoms with Crippen LogP contribution in [0.1, 0.15) is 18.0 Å². The van der Waals surface area contributed by atoms with Crippen LogP contribution in [0.5, 0.6) is 5.75 Å². The molecular weight excluding hydrogens is 344 g/mol. The van der Waals surface area contributed by atoms with Crippen LogP contribution in [0.3, 0.4) is 0 Å². The molecule has 1 aromatic heterocycles. The number of aromatic amines is 1. The van der Waals surface area contributed by atoms with E-state index in [-0.39, 0.29) is 24.3 Å². The molecule has 2 aromatic carbocycles. The lowest BCUT2D eigenvalue weighted by atomic mass is 9.93. The maximum Gasteiger partial charge on any atom is 0.232 e. The molecular formula is C20H20N4O3. The minimum absolute atomic E-state index is 0.0624. The minimum atomic E-state index is -0.511. The van der Waals surface area contributed by atoms with Crippen molar-refractivity contribution in [3.8, 4) is 5.75 Å². The highest BCUT2D eigenvalue weighted by Crippen LogP contribution is 2.38. The van der Waals surface area contributed by atoms with Gasteiger partial charge in [0.25, 0.3) is 0 Å². The molecule has 1 saturated heterocycles. The number of likely N-dealkylation sites (tertiary alicyclic amines) is 1. The lowest BCUT2D eigenvalue weighted by molar-refractivity contribution is -0.128. The van der Waals surface area contributed by atoms with Crippen molar-refractivity contribution < 1.29 is 14.3 Å². The van der Waals surface area contributed by atoms with E-state index in [0.29, 0.717) is 11.7 Å². The Morgan fingerprint density at radius 3 is 2.85 bits per heavy atom. The fourth-order valence-corrected chi connectivity index (χ4v) is 3.61. The molecule has 4 rings (SSSR count). The number of imidazole rings is 1. The number of hydrogen-bond acceptors (Lipinski definition) is 4. The Morgan fingerprint density at radius 2 is 2.07 bits per heavy atom. The maximum absolute atomic E-state index is 12.9. The number of aromatic nitrogens is 2. The van der Waals surface area contributed by atoms with Gasteiger partial charge in [0.15, 0.2) is 0 Å². The van der Waals surface area contributed by atoms with E-state index in [1.165, 1.54) is 0 Å². The Balaban J connectivity index is 1.61. The van der Waals surface area contributed by atoms with Crippen molar-refractivity contribution in [2.45, 2.75) is 12.5 Å². The Kier molecular flexibility index (Phi) is 4.27. The van der Waals surface area contributed by atoms with Crippen LogP contribution in [0.4, 0.5) is 5.95 Å². The normalized spacial score (nSPS) is 19.5. The van der Waals surface area contributed by atoms with Gasteiger partial charge in [-0.2, -0.15) is 0 Å². The molecule has 27 heavy (non-hydrogen) atoms. The number of amides is 2. The Bertz CT molecular complexity index is 980. The zero-order valence-electron chi connectivity index (χ0n) is 15.1. The average molecular weight is 364 g/mol. The number of benzene rings is 2. The highest BCUT2D eigenvalue weighted by Gasteiger charge is 2.43. The molecule has 2 atom stereocenters. The van der Waals surface area contributed by atoms with Crippen LogP contribution in [0.2, 0.25) is 0 Å². The molecule has 1 fully saturated rings. The summed E-state index contributed by atoms with van der Waals surface area (Å²) < 4.78 is 5.28. The first-order valence-corrected chi connectivity index (χ1v) is 8.72. The van der Waals surface area contributed by atoms with Gasteiger partial charge in [-0.15, -0.1) is 0 Å². The highest BCUT2D eigenvalue weighted by molar-refractivity contribution is 5.97. The van der Waals surface area contributed by atoms with Crippen LogP contribution >= 0.6 is 0 Å². The largest absolute Gasteiger partial charge is 0.497 e. The second kappa shape index (κ2) is 6.75. The Morgan fingerprint density at radius 1 is 1.26 bits per heavy atom. The molecule has 2 amide bonds. The van der Waals surface area contributed by atoms with E-state index in [2.05, 4.69) is 15.3 Å². The molecule has 0 aliphatic carbocycles. The van der Waals surface area contributed by atoms with Gasteiger partial charge >= 0.3 is 0 Å². The summed E-state index contributed by atoms with van der Waals surface area (Å²) in [6.45, 7) is 0. The lowest BCUT2D eigenvalue weighted by Gasteiger charge is -2.25. The molecule has 1 aliphatic heterocycles. The number of fused-ring (bicyclic) bond motifs is 1. The van der Waals surface area contributed by atoms with Crippen LogP contribution in [0.25, 0.3) is 11.0 Å². The summed E-state index contributed by atoms with van der Waals surface area (Å²) in [6, 6.07) is 14.7. The van der Waals surface area contributed by atoms with Crippen LogP contribution in [-0.4, -0.2) is 40.8 Å². The summed E-state index contributed by atoms with van der Waals surface area (Å²) in [4.78, 5) is 34.3. The van der Waals surface area contributed by atoms with Gasteiger partial charge < -0.3 is 14.6 Å². The van der Waals surface area contributed by atoms with Gasteiger partial charge in [0.2, 0.25) is 17.8 Å². The van der Waals surface area contributed by atoms with Crippen molar-refractivity contribution in [2.24, 2.45) is 5.92 Å². The van der Waals surface area contributed by atoms with Gasteiger partial charge in [-0.1, -0.05) is 24.3 Å². The zero-order chi connectivity index (χ0) is 19.0. The molecule has 0 radical (unpaired) electrons. The van der Waals surface area contributed by atoms with Crippen LogP contribution in [-0.2, 0) is 9.59 Å². The van der Waals surface area contributed by atoms with E-state index >= 15 is 0 Å². The second-order valence-electron chi connectivity index (χ2n) is 6.63. The predicted molar refractivity (Wildman–Crippen MR) is 101 cm³/mol. The summed E-state index contributed by atoms with van der Waals surface area (Å²) in [6.07, 6.45) is 0.157. The highest BCUT2D eigenvalue weighted by atomic mass is 16.5. The smallest absolute Gasteiger partial charge is 0.232 e. The van der Waals surface area contributed by atoms with E-state index in [4.69, 9.17) is 4.74 Å². The second-order valence-corrected chi connectivity index (χ2v) is 6.63. The zero-order valence-corrected chi connectivity index (χ0v) is 15.1. The number of H-pyrrole nitrogens is 1. The molecule has 2 N–H and O–H groups in total. The molecule has 0 unspecified atom stereocenters. The lowest BCUT2D eigenvalue weighted by Crippen LogP contribution is -2.30. The number of nitrogens with one attached hydrogen (secondary N) is 2. The van der Waals surface area contributed by atoms with Crippen molar-refractivity contribution in [1.82, 2.24) is 14.9 Å². The van der Waals surface area contributed by atoms with E-state index in [0.717, 1.165) is 16.6 Å². The van der Waals surface area contributed by atoms with Crippen LogP contribution in [0, 0.1) is 5.92 Å². The first-order chi connectivity index (χ1) is 13.1. The number of methoxy groups -OCH3 is 1. The number of anilines is 1. The van der Waals surface area contributed by atoms with Crippen LogP contribution in [0.15, 0.2) is 48.5 Å². The number of hydrogen-bond donors (Lipinski definition) is 2. The van der Waals surface area contributed by atoms with E-state index in [1.807, 2.05) is 48.5 Å². The van der Waals surface area contributed by atoms with Gasteiger partial charge in [-0.05, 0) is 29.8 Å². The third kappa shape index (κ3) is 3.12. The summed E-state index contributed by atoms with van der Waals surface area (Å²) in [5, 5.41) is 2.83. The van der Waals surface area contributed by atoms with E-state index in [9.17, 15) is 9.59 Å². The molecule has 138 valence electrons. The molecule has 7 nitrogen and oxygen atoms in total. The van der Waals surface area contributed by atoms with Gasteiger partial charge in [-0.25, -0.2) is 4.98 Å². The summed E-state index contributed by atoms with van der Waals surface area (Å²) >= 11 is 0. The van der Waals surface area contributed by atoms with Crippen LogP contribution < -0.4 is 10.1 Å². The molecule has 0 spiro atoms. The summed E-state index contributed by atoms with van der Waals surface area (Å²) in [7, 11) is 3.31. The first-order valence-electron chi connectivity index (χ1n) is 8.72.